The highest BCUT2D eigenvalue weighted by atomic mass is 35.5. The maximum atomic E-state index is 14.7. The van der Waals surface area contributed by atoms with Crippen LogP contribution in [-0.2, 0) is 15.7 Å². The van der Waals surface area contributed by atoms with E-state index in [0.29, 0.717) is 6.07 Å². The lowest BCUT2D eigenvalue weighted by Crippen LogP contribution is -2.52. The molecule has 3 heterocycles. The van der Waals surface area contributed by atoms with Crippen LogP contribution in [0.25, 0.3) is 0 Å². The van der Waals surface area contributed by atoms with Gasteiger partial charge in [-0.15, -0.1) is 0 Å². The predicted octanol–water partition coefficient (Wildman–Crippen LogP) is 3.75. The zero-order valence-electron chi connectivity index (χ0n) is 18.3. The molecule has 2 aliphatic heterocycles. The van der Waals surface area contributed by atoms with Crippen LogP contribution in [0, 0.1) is 35.3 Å². The van der Waals surface area contributed by atoms with Crippen molar-refractivity contribution in [3.8, 4) is 11.8 Å². The summed E-state index contributed by atoms with van der Waals surface area (Å²) in [6.45, 7) is 0.370. The highest BCUT2D eigenvalue weighted by Gasteiger charge is 2.50. The van der Waals surface area contributed by atoms with Crippen LogP contribution in [0.1, 0.15) is 34.1 Å². The van der Waals surface area contributed by atoms with Gasteiger partial charge in [0.15, 0.2) is 0 Å². The Bertz CT molecular complexity index is 1300. The fourth-order valence-electron chi connectivity index (χ4n) is 4.55. The third-order valence-electron chi connectivity index (χ3n) is 6.56. The van der Waals surface area contributed by atoms with Crippen molar-refractivity contribution in [2.45, 2.75) is 30.7 Å². The van der Waals surface area contributed by atoms with E-state index in [0.717, 1.165) is 29.3 Å². The second-order valence-electron chi connectivity index (χ2n) is 8.80. The first kappa shape index (κ1) is 24.5. The molecule has 4 atom stereocenters. The van der Waals surface area contributed by atoms with Gasteiger partial charge in [0.05, 0.1) is 35.8 Å². The van der Waals surface area contributed by atoms with Crippen molar-refractivity contribution in [3.05, 3.63) is 63.9 Å². The molecule has 1 aromatic heterocycles. The van der Waals surface area contributed by atoms with Gasteiger partial charge in [0, 0.05) is 17.7 Å². The normalized spacial score (nSPS) is 23.6. The summed E-state index contributed by atoms with van der Waals surface area (Å²) in [6.07, 6.45) is -3.68. The summed E-state index contributed by atoms with van der Waals surface area (Å²) in [7, 11) is 0. The van der Waals surface area contributed by atoms with Gasteiger partial charge in [-0.05, 0) is 30.7 Å². The highest BCUT2D eigenvalue weighted by molar-refractivity contribution is 6.30. The molecule has 3 aliphatic rings. The van der Waals surface area contributed by atoms with Crippen LogP contribution in [0.15, 0.2) is 30.5 Å². The van der Waals surface area contributed by atoms with E-state index in [1.807, 2.05) is 0 Å². The molecule has 2 aromatic rings. The van der Waals surface area contributed by atoms with E-state index in [9.17, 15) is 31.5 Å². The predicted molar refractivity (Wildman–Crippen MR) is 115 cm³/mol. The largest absolute Gasteiger partial charge is 0.416 e. The molecule has 2 fully saturated rings. The fraction of sp³-hybridized carbons (Fsp3) is 0.375. The number of alkyl halides is 3. The van der Waals surface area contributed by atoms with Gasteiger partial charge in [0.1, 0.15) is 29.4 Å². The first-order valence-corrected chi connectivity index (χ1v) is 11.3. The quantitative estimate of drug-likeness (QED) is 0.367. The van der Waals surface area contributed by atoms with E-state index in [4.69, 9.17) is 16.3 Å². The number of rotatable bonds is 5. The number of ether oxygens (including phenoxy) is 1. The average Bonchev–Trinajstić information content (AvgIpc) is 3.03. The summed E-state index contributed by atoms with van der Waals surface area (Å²) >= 11 is 5.66. The molecule has 1 aromatic carbocycles. The molecule has 2 amide bonds. The molecule has 6 nitrogen and oxygen atoms in total. The maximum absolute atomic E-state index is 14.7. The van der Waals surface area contributed by atoms with Gasteiger partial charge >= 0.3 is 6.18 Å². The van der Waals surface area contributed by atoms with Crippen LogP contribution < -0.4 is 5.32 Å². The van der Waals surface area contributed by atoms with Crippen LogP contribution in [-0.4, -0.2) is 47.0 Å². The molecule has 5 rings (SSSR count). The Morgan fingerprint density at radius 1 is 1.17 bits per heavy atom. The highest BCUT2D eigenvalue weighted by Crippen LogP contribution is 2.37. The Hall–Kier alpha value is -3.23. The van der Waals surface area contributed by atoms with Crippen LogP contribution >= 0.6 is 11.6 Å². The lowest BCUT2D eigenvalue weighted by molar-refractivity contribution is -0.137. The number of nitrogens with one attached hydrogen (secondary N) is 1. The van der Waals surface area contributed by atoms with E-state index < -0.39 is 64.0 Å². The molecule has 188 valence electrons. The lowest BCUT2D eigenvalue weighted by Gasteiger charge is -2.36. The number of aromatic nitrogens is 1. The molecule has 2 saturated heterocycles. The number of hydrogen-bond donors (Lipinski definition) is 1. The number of hydrogen-bond acceptors (Lipinski definition) is 4. The summed E-state index contributed by atoms with van der Waals surface area (Å²) in [6, 6.07) is 0.302. The van der Waals surface area contributed by atoms with Gasteiger partial charge in [-0.25, -0.2) is 8.78 Å². The number of amides is 2. The summed E-state index contributed by atoms with van der Waals surface area (Å²) in [5.74, 6) is 1.66. The molecule has 0 spiro atoms. The van der Waals surface area contributed by atoms with Crippen molar-refractivity contribution in [3.63, 3.8) is 0 Å². The molecule has 0 unspecified atom stereocenters. The van der Waals surface area contributed by atoms with E-state index in [2.05, 4.69) is 22.1 Å². The SMILES string of the molecule is O=C(N[C@@H](c1cc(F)c(Cl)cc1F)C1COC1)[C@H]1C[C@H]2C#C[C@H]2N1C(=O)c1cc(C(F)(F)F)ccn1. The van der Waals surface area contributed by atoms with Crippen molar-refractivity contribution < 1.29 is 36.3 Å². The average molecular weight is 526 g/mol. The first-order chi connectivity index (χ1) is 17.0. The van der Waals surface area contributed by atoms with Crippen molar-refractivity contribution >= 4 is 23.4 Å². The number of fused-ring (bicyclic) bond motifs is 1. The number of pyridine rings is 1. The summed E-state index contributed by atoms with van der Waals surface area (Å²) in [5.41, 5.74) is -1.66. The monoisotopic (exact) mass is 525 g/mol. The molecular weight excluding hydrogens is 509 g/mol. The molecule has 0 saturated carbocycles. The second-order valence-corrected chi connectivity index (χ2v) is 9.21. The van der Waals surface area contributed by atoms with Crippen molar-refractivity contribution in [2.24, 2.45) is 11.8 Å². The first-order valence-electron chi connectivity index (χ1n) is 10.9. The van der Waals surface area contributed by atoms with Crippen molar-refractivity contribution in [1.82, 2.24) is 15.2 Å². The summed E-state index contributed by atoms with van der Waals surface area (Å²) in [4.78, 5) is 31.5. The maximum Gasteiger partial charge on any atom is 0.416 e. The van der Waals surface area contributed by atoms with E-state index in [1.165, 1.54) is 0 Å². The van der Waals surface area contributed by atoms with Gasteiger partial charge in [0.25, 0.3) is 5.91 Å². The van der Waals surface area contributed by atoms with Crippen molar-refractivity contribution in [2.75, 3.05) is 13.2 Å². The topological polar surface area (TPSA) is 71.5 Å². The number of nitrogens with zero attached hydrogens (tertiary/aromatic N) is 2. The number of likely N-dealkylation sites (tertiary alicyclic amines) is 1. The molecule has 36 heavy (non-hydrogen) atoms. The molecule has 12 heteroatoms. The minimum absolute atomic E-state index is 0.131. The van der Waals surface area contributed by atoms with E-state index >= 15 is 0 Å². The third-order valence-corrected chi connectivity index (χ3v) is 6.85. The van der Waals surface area contributed by atoms with Crippen LogP contribution in [0.2, 0.25) is 5.02 Å². The van der Waals surface area contributed by atoms with E-state index in [1.54, 1.807) is 0 Å². The van der Waals surface area contributed by atoms with Gasteiger partial charge in [-0.1, -0.05) is 23.4 Å². The smallest absolute Gasteiger partial charge is 0.381 e. The van der Waals surface area contributed by atoms with E-state index in [-0.39, 0.29) is 37.0 Å². The fourth-order valence-corrected chi connectivity index (χ4v) is 4.70. The molecule has 0 radical (unpaired) electrons. The van der Waals surface area contributed by atoms with Crippen LogP contribution in [0.5, 0.6) is 0 Å². The minimum Gasteiger partial charge on any atom is -0.381 e. The van der Waals surface area contributed by atoms with Gasteiger partial charge in [-0.2, -0.15) is 13.2 Å². The zero-order chi connectivity index (χ0) is 25.8. The minimum atomic E-state index is -4.69. The number of carbonyl (C=O) groups excluding carboxylic acids is 2. The van der Waals surface area contributed by atoms with Crippen molar-refractivity contribution in [1.29, 1.82) is 0 Å². The Balaban J connectivity index is 1.42. The Kier molecular flexibility index (Phi) is 6.12. The van der Waals surface area contributed by atoms with Gasteiger partial charge in [-0.3, -0.25) is 14.6 Å². The molecule has 1 N–H and O–H groups in total. The Morgan fingerprint density at radius 3 is 2.53 bits per heavy atom. The summed E-state index contributed by atoms with van der Waals surface area (Å²) < 4.78 is 73.4. The molecular formula is C24H17ClF5N3O3. The second kappa shape index (κ2) is 9.01. The van der Waals surface area contributed by atoms with Gasteiger partial charge < -0.3 is 15.0 Å². The Labute approximate surface area is 206 Å². The lowest BCUT2D eigenvalue weighted by atomic mass is 9.90. The number of carbonyl (C=O) groups is 2. The molecule has 1 aliphatic carbocycles. The summed E-state index contributed by atoms with van der Waals surface area (Å²) in [5, 5.41) is 2.27. The van der Waals surface area contributed by atoms with Crippen LogP contribution in [0.3, 0.4) is 0 Å². The number of benzene rings is 1. The zero-order valence-corrected chi connectivity index (χ0v) is 19.0. The third kappa shape index (κ3) is 4.29. The van der Waals surface area contributed by atoms with Crippen LogP contribution in [0.4, 0.5) is 22.0 Å². The Morgan fingerprint density at radius 2 is 1.92 bits per heavy atom. The standard InChI is InChI=1S/C24H17ClF5N3O3/c25-15-8-16(26)14(7-17(15)27)21(12-9-36-10-12)32-22(34)20-5-11-1-2-19(11)33(20)23(35)18-6-13(3-4-31-18)24(28,29)30/h3-4,6-8,11-12,19-21H,5,9-10H2,(H,32,34)/t11-,19-,20-,21-/m1/s1. The van der Waals surface area contributed by atoms with Gasteiger partial charge in [0.2, 0.25) is 5.91 Å². The molecule has 0 bridgehead atoms. The number of halogens is 6.